The van der Waals surface area contributed by atoms with Crippen molar-refractivity contribution in [2.75, 3.05) is 24.7 Å². The number of amides is 2. The third-order valence-electron chi connectivity index (χ3n) is 5.14. The molecule has 2 aromatic heterocycles. The molecule has 0 saturated heterocycles. The zero-order chi connectivity index (χ0) is 25.0. The molecule has 1 fully saturated rings. The molecule has 0 atom stereocenters. The van der Waals surface area contributed by atoms with Crippen LogP contribution < -0.4 is 20.7 Å². The van der Waals surface area contributed by atoms with Gasteiger partial charge in [0, 0.05) is 35.5 Å². The molecule has 3 N–H and O–H groups in total. The van der Waals surface area contributed by atoms with Crippen LogP contribution in [0.1, 0.15) is 33.9 Å². The summed E-state index contributed by atoms with van der Waals surface area (Å²) in [5, 5.41) is 15.5. The summed E-state index contributed by atoms with van der Waals surface area (Å²) in [4.78, 5) is 33.6. The van der Waals surface area contributed by atoms with Gasteiger partial charge in [-0.25, -0.2) is 9.97 Å². The number of hydrogen-bond acceptors (Lipinski definition) is 8. The zero-order valence-corrected chi connectivity index (χ0v) is 17.3. The second kappa shape index (κ2) is 9.38. The molecule has 10 heteroatoms. The highest BCUT2D eigenvalue weighted by Gasteiger charge is 2.26. The van der Waals surface area contributed by atoms with E-state index in [2.05, 4.69) is 30.8 Å². The van der Waals surface area contributed by atoms with E-state index >= 15 is 0 Å². The van der Waals surface area contributed by atoms with Crippen LogP contribution >= 0.6 is 0 Å². The van der Waals surface area contributed by atoms with E-state index in [9.17, 15) is 9.59 Å². The van der Waals surface area contributed by atoms with E-state index in [1.807, 2.05) is 5.32 Å². The van der Waals surface area contributed by atoms with Gasteiger partial charge in [-0.15, -0.1) is 10.2 Å². The lowest BCUT2D eigenvalue weighted by Gasteiger charge is -2.23. The van der Waals surface area contributed by atoms with Gasteiger partial charge in [0.05, 0.1) is 24.0 Å². The van der Waals surface area contributed by atoms with Crippen molar-refractivity contribution in [3.8, 4) is 17.1 Å². The van der Waals surface area contributed by atoms with E-state index < -0.39 is 12.9 Å². The lowest BCUT2D eigenvalue weighted by atomic mass is 9.85. The van der Waals surface area contributed by atoms with Gasteiger partial charge >= 0.3 is 0 Å². The van der Waals surface area contributed by atoms with E-state index in [0.29, 0.717) is 22.8 Å². The average molecular weight is 436 g/mol. The van der Waals surface area contributed by atoms with Crippen molar-refractivity contribution in [2.24, 2.45) is 5.92 Å². The molecule has 1 saturated carbocycles. The molecule has 0 radical (unpaired) electrons. The maximum Gasteiger partial charge on any atom is 0.273 e. The van der Waals surface area contributed by atoms with Crippen molar-refractivity contribution in [1.82, 2.24) is 25.5 Å². The average Bonchev–Trinajstić information content (AvgIpc) is 2.77. The number of nitrogens with one attached hydrogen (secondary N) is 3. The first-order valence-corrected chi connectivity index (χ1v) is 9.97. The number of nitrogens with zero attached hydrogens (tertiary/aromatic N) is 4. The summed E-state index contributed by atoms with van der Waals surface area (Å²) in [7, 11) is 1.48. The van der Waals surface area contributed by atoms with Crippen LogP contribution in [0, 0.1) is 5.92 Å². The van der Waals surface area contributed by atoms with Crippen LogP contribution in [0.15, 0.2) is 42.7 Å². The van der Waals surface area contributed by atoms with Crippen molar-refractivity contribution in [2.45, 2.75) is 19.3 Å². The van der Waals surface area contributed by atoms with Gasteiger partial charge in [-0.1, -0.05) is 12.5 Å². The van der Waals surface area contributed by atoms with Crippen molar-refractivity contribution < 1.29 is 18.4 Å². The quantitative estimate of drug-likeness (QED) is 0.515. The molecule has 4 rings (SSSR count). The SMILES string of the molecule is [2H]C([2H])([2H])NC(=O)c1nnc(NC(=O)C2CCC2)cc1Nc1cccc(-c2ncccn2)c1OC. The van der Waals surface area contributed by atoms with Gasteiger partial charge in [-0.3, -0.25) is 9.59 Å². The normalized spacial score (nSPS) is 14.8. The molecule has 0 spiro atoms. The van der Waals surface area contributed by atoms with E-state index in [-0.39, 0.29) is 29.0 Å². The molecule has 10 nitrogen and oxygen atoms in total. The summed E-state index contributed by atoms with van der Waals surface area (Å²) in [5.41, 5.74) is 0.873. The van der Waals surface area contributed by atoms with Crippen molar-refractivity contribution in [1.29, 1.82) is 0 Å². The highest BCUT2D eigenvalue weighted by molar-refractivity contribution is 5.99. The number of para-hydroxylation sites is 1. The second-order valence-electron chi connectivity index (χ2n) is 7.15. The highest BCUT2D eigenvalue weighted by Crippen LogP contribution is 2.37. The van der Waals surface area contributed by atoms with Gasteiger partial charge < -0.3 is 20.7 Å². The lowest BCUT2D eigenvalue weighted by Crippen LogP contribution is -2.29. The fourth-order valence-corrected chi connectivity index (χ4v) is 3.29. The van der Waals surface area contributed by atoms with E-state index in [4.69, 9.17) is 8.85 Å². The third kappa shape index (κ3) is 4.34. The van der Waals surface area contributed by atoms with Crippen molar-refractivity contribution in [3.63, 3.8) is 0 Å². The predicted octanol–water partition coefficient (Wildman–Crippen LogP) is 2.78. The van der Waals surface area contributed by atoms with Crippen LogP contribution in [0.5, 0.6) is 5.75 Å². The second-order valence-corrected chi connectivity index (χ2v) is 7.15. The Hall–Kier alpha value is -4.08. The first-order valence-electron chi connectivity index (χ1n) is 11.5. The number of aromatic nitrogens is 4. The summed E-state index contributed by atoms with van der Waals surface area (Å²) in [5.74, 6) is -0.298. The van der Waals surface area contributed by atoms with Crippen LogP contribution in [0.4, 0.5) is 17.2 Å². The number of benzene rings is 1. The Labute approximate surface area is 189 Å². The Kier molecular flexibility index (Phi) is 5.15. The van der Waals surface area contributed by atoms with Gasteiger partial charge in [0.1, 0.15) is 0 Å². The smallest absolute Gasteiger partial charge is 0.273 e. The summed E-state index contributed by atoms with van der Waals surface area (Å²) >= 11 is 0. The van der Waals surface area contributed by atoms with Gasteiger partial charge in [0.25, 0.3) is 5.91 Å². The van der Waals surface area contributed by atoms with Gasteiger partial charge in [0.2, 0.25) is 5.91 Å². The maximum atomic E-state index is 12.7. The number of rotatable bonds is 7. The summed E-state index contributed by atoms with van der Waals surface area (Å²) in [6.45, 7) is -2.73. The van der Waals surface area contributed by atoms with Gasteiger partial charge in [-0.05, 0) is 31.0 Å². The Morgan fingerprint density at radius 1 is 1.12 bits per heavy atom. The minimum atomic E-state index is -2.73. The van der Waals surface area contributed by atoms with Crippen molar-refractivity contribution >= 4 is 29.0 Å². The molecule has 32 heavy (non-hydrogen) atoms. The number of carbonyl (C=O) groups excluding carboxylic acids is 2. The monoisotopic (exact) mass is 436 g/mol. The molecule has 0 aliphatic heterocycles. The number of methoxy groups -OCH3 is 1. The fourth-order valence-electron chi connectivity index (χ4n) is 3.29. The van der Waals surface area contributed by atoms with Gasteiger partial charge in [0.15, 0.2) is 23.1 Å². The minimum Gasteiger partial charge on any atom is -0.494 e. The lowest BCUT2D eigenvalue weighted by molar-refractivity contribution is -0.122. The molecule has 1 aliphatic carbocycles. The molecule has 2 amide bonds. The fraction of sp³-hybridized carbons (Fsp3) is 0.273. The first-order chi connectivity index (χ1) is 16.7. The summed E-state index contributed by atoms with van der Waals surface area (Å²) in [6, 6.07) is 8.33. The largest absolute Gasteiger partial charge is 0.494 e. The molecule has 164 valence electrons. The Bertz CT molecular complexity index is 1230. The standard InChI is InChI=1S/C22H23N7O3/c1-23-22(31)18-16(12-17(28-29-18)27-21(30)13-6-3-7-13)26-15-9-4-8-14(19(15)32-2)20-24-10-5-11-25-20/h4-5,8-13H,3,6-7H2,1-2H3,(H,23,31)(H2,26,27,28,30)/i1D3. The molecular weight excluding hydrogens is 410 g/mol. The van der Waals surface area contributed by atoms with E-state index in [1.54, 1.807) is 36.7 Å². The maximum absolute atomic E-state index is 12.7. The number of anilines is 3. The molecule has 0 bridgehead atoms. The summed E-state index contributed by atoms with van der Waals surface area (Å²) < 4.78 is 27.6. The minimum absolute atomic E-state index is 0.0885. The van der Waals surface area contributed by atoms with Crippen LogP contribution in [0.25, 0.3) is 11.4 Å². The Morgan fingerprint density at radius 3 is 2.62 bits per heavy atom. The molecule has 1 aromatic carbocycles. The molecule has 3 aromatic rings. The molecule has 1 aliphatic rings. The van der Waals surface area contributed by atoms with Crippen LogP contribution in [0.2, 0.25) is 0 Å². The molecule has 0 unspecified atom stereocenters. The predicted molar refractivity (Wildman–Crippen MR) is 119 cm³/mol. The Balaban J connectivity index is 1.71. The first kappa shape index (κ1) is 17.6. The molecule has 2 heterocycles. The van der Waals surface area contributed by atoms with Crippen molar-refractivity contribution in [3.05, 3.63) is 48.4 Å². The van der Waals surface area contributed by atoms with Crippen LogP contribution in [-0.4, -0.2) is 46.1 Å². The highest BCUT2D eigenvalue weighted by atomic mass is 16.5. The topological polar surface area (TPSA) is 131 Å². The number of hydrogen-bond donors (Lipinski definition) is 3. The van der Waals surface area contributed by atoms with E-state index in [1.165, 1.54) is 13.2 Å². The number of carbonyl (C=O) groups is 2. The third-order valence-corrected chi connectivity index (χ3v) is 5.14. The van der Waals surface area contributed by atoms with E-state index in [0.717, 1.165) is 19.3 Å². The zero-order valence-electron chi connectivity index (χ0n) is 20.3. The van der Waals surface area contributed by atoms with Crippen LogP contribution in [-0.2, 0) is 4.79 Å². The van der Waals surface area contributed by atoms with Gasteiger partial charge in [-0.2, -0.15) is 0 Å². The van der Waals surface area contributed by atoms with Crippen LogP contribution in [0.3, 0.4) is 0 Å². The number of ether oxygens (including phenoxy) is 1. The molecular formula is C22H23N7O3. The summed E-state index contributed by atoms with van der Waals surface area (Å²) in [6.07, 6.45) is 5.79. The Morgan fingerprint density at radius 2 is 1.94 bits per heavy atom.